The average molecular weight is 484 g/mol. The summed E-state index contributed by atoms with van der Waals surface area (Å²) in [6, 6.07) is 7.14. The largest absolute Gasteiger partial charge is 0.352 e. The van der Waals surface area contributed by atoms with E-state index in [0.717, 1.165) is 12.1 Å². The van der Waals surface area contributed by atoms with Gasteiger partial charge in [-0.25, -0.2) is 4.39 Å². The molecule has 0 unspecified atom stereocenters. The fourth-order valence-electron chi connectivity index (χ4n) is 1.64. The Labute approximate surface area is 153 Å². The predicted octanol–water partition coefficient (Wildman–Crippen LogP) is 4.13. The zero-order chi connectivity index (χ0) is 14.4. The Kier molecular flexibility index (Phi) is 8.20. The van der Waals surface area contributed by atoms with Gasteiger partial charge < -0.3 is 10.6 Å². The van der Waals surface area contributed by atoms with Crippen LogP contribution in [0, 0.1) is 5.82 Å². The van der Waals surface area contributed by atoms with Gasteiger partial charge in [0.25, 0.3) is 0 Å². The highest BCUT2D eigenvalue weighted by Gasteiger charge is 2.02. The second-order valence-electron chi connectivity index (χ2n) is 4.16. The summed E-state index contributed by atoms with van der Waals surface area (Å²) in [5, 5.41) is 10.5. The number of thiophene rings is 1. The summed E-state index contributed by atoms with van der Waals surface area (Å²) in [4.78, 5) is 4.14. The maximum absolute atomic E-state index is 13.4. The van der Waals surface area contributed by atoms with E-state index in [1.54, 1.807) is 24.5 Å². The number of halogens is 3. The van der Waals surface area contributed by atoms with Crippen molar-refractivity contribution in [3.05, 3.63) is 56.4 Å². The molecule has 0 aliphatic rings. The van der Waals surface area contributed by atoms with Crippen molar-refractivity contribution in [3.8, 4) is 0 Å². The van der Waals surface area contributed by atoms with E-state index in [1.807, 2.05) is 11.4 Å². The molecular weight excluding hydrogens is 468 g/mol. The molecule has 2 rings (SSSR count). The molecule has 2 N–H and O–H groups in total. The third kappa shape index (κ3) is 5.91. The first kappa shape index (κ1) is 18.4. The number of benzene rings is 1. The molecule has 1 aromatic heterocycles. The molecule has 0 fully saturated rings. The quantitative estimate of drug-likeness (QED) is 0.389. The van der Waals surface area contributed by atoms with Crippen LogP contribution >= 0.6 is 51.2 Å². The fraction of sp³-hybridized carbons (Fsp3) is 0.214. The fourth-order valence-corrected chi connectivity index (χ4v) is 2.55. The van der Waals surface area contributed by atoms with E-state index in [0.29, 0.717) is 17.0 Å². The van der Waals surface area contributed by atoms with Crippen molar-refractivity contribution in [3.63, 3.8) is 0 Å². The molecule has 0 bridgehead atoms. The van der Waals surface area contributed by atoms with Crippen LogP contribution in [0.2, 0.25) is 0 Å². The smallest absolute Gasteiger partial charge is 0.191 e. The van der Waals surface area contributed by atoms with Gasteiger partial charge in [-0.2, -0.15) is 11.3 Å². The Bertz CT molecular complexity index is 590. The normalized spacial score (nSPS) is 10.9. The second-order valence-corrected chi connectivity index (χ2v) is 5.79. The molecule has 0 saturated heterocycles. The number of nitrogens with zero attached hydrogens (tertiary/aromatic N) is 1. The number of hydrogen-bond donors (Lipinski definition) is 2. The highest BCUT2D eigenvalue weighted by molar-refractivity contribution is 14.0. The Hall–Kier alpha value is -0.670. The summed E-state index contributed by atoms with van der Waals surface area (Å²) < 4.78 is 13.9. The van der Waals surface area contributed by atoms with Crippen molar-refractivity contribution in [1.82, 2.24) is 10.6 Å². The van der Waals surface area contributed by atoms with Gasteiger partial charge in [0.05, 0.1) is 4.47 Å². The first-order chi connectivity index (χ1) is 9.69. The lowest BCUT2D eigenvalue weighted by atomic mass is 10.2. The molecule has 3 nitrogen and oxygen atoms in total. The van der Waals surface area contributed by atoms with E-state index in [2.05, 4.69) is 43.0 Å². The highest BCUT2D eigenvalue weighted by atomic mass is 127. The van der Waals surface area contributed by atoms with Crippen molar-refractivity contribution in [2.75, 3.05) is 7.05 Å². The van der Waals surface area contributed by atoms with Crippen LogP contribution in [0.1, 0.15) is 11.1 Å². The third-order valence-electron chi connectivity index (χ3n) is 2.71. The zero-order valence-electron chi connectivity index (χ0n) is 11.4. The molecular formula is C14H16BrFIN3S. The van der Waals surface area contributed by atoms with Crippen LogP contribution in [-0.4, -0.2) is 13.0 Å². The monoisotopic (exact) mass is 483 g/mol. The van der Waals surface area contributed by atoms with E-state index >= 15 is 0 Å². The van der Waals surface area contributed by atoms with Crippen LogP contribution in [0.5, 0.6) is 0 Å². The van der Waals surface area contributed by atoms with Crippen molar-refractivity contribution in [2.24, 2.45) is 4.99 Å². The van der Waals surface area contributed by atoms with Gasteiger partial charge in [-0.1, -0.05) is 6.07 Å². The number of nitrogens with one attached hydrogen (secondary N) is 2. The maximum Gasteiger partial charge on any atom is 0.191 e. The molecule has 1 aromatic carbocycles. The first-order valence-electron chi connectivity index (χ1n) is 6.08. The van der Waals surface area contributed by atoms with Gasteiger partial charge >= 0.3 is 0 Å². The topological polar surface area (TPSA) is 36.4 Å². The minimum atomic E-state index is -0.259. The van der Waals surface area contributed by atoms with Crippen molar-refractivity contribution < 1.29 is 4.39 Å². The van der Waals surface area contributed by atoms with Crippen molar-refractivity contribution in [1.29, 1.82) is 0 Å². The summed E-state index contributed by atoms with van der Waals surface area (Å²) in [5.41, 5.74) is 2.08. The third-order valence-corrected chi connectivity index (χ3v) is 4.08. The zero-order valence-corrected chi connectivity index (χ0v) is 16.1. The van der Waals surface area contributed by atoms with E-state index in [1.165, 1.54) is 11.6 Å². The van der Waals surface area contributed by atoms with Gasteiger partial charge in [0.15, 0.2) is 5.96 Å². The lowest BCUT2D eigenvalue weighted by molar-refractivity contribution is 0.618. The molecule has 1 heterocycles. The number of hydrogen-bond acceptors (Lipinski definition) is 2. The van der Waals surface area contributed by atoms with Gasteiger partial charge in [0, 0.05) is 20.1 Å². The lowest BCUT2D eigenvalue weighted by Gasteiger charge is -2.11. The van der Waals surface area contributed by atoms with Gasteiger partial charge in [-0.3, -0.25) is 4.99 Å². The van der Waals surface area contributed by atoms with Crippen molar-refractivity contribution in [2.45, 2.75) is 13.1 Å². The van der Waals surface area contributed by atoms with Crippen LogP contribution in [0.4, 0.5) is 4.39 Å². The maximum atomic E-state index is 13.4. The Balaban J connectivity index is 0.00000220. The van der Waals surface area contributed by atoms with E-state index in [9.17, 15) is 4.39 Å². The standard InChI is InChI=1S/C14H15BrFN3S.HI/c1-17-14(19-8-11-4-5-20-9-11)18-7-10-2-3-12(15)13(16)6-10;/h2-6,9H,7-8H2,1H3,(H2,17,18,19);1H. The minimum Gasteiger partial charge on any atom is -0.352 e. The molecule has 0 amide bonds. The lowest BCUT2D eigenvalue weighted by Crippen LogP contribution is -2.36. The molecule has 114 valence electrons. The number of guanidine groups is 1. The highest BCUT2D eigenvalue weighted by Crippen LogP contribution is 2.16. The molecule has 0 aliphatic carbocycles. The summed E-state index contributed by atoms with van der Waals surface area (Å²) in [5.74, 6) is 0.435. The summed E-state index contributed by atoms with van der Waals surface area (Å²) in [6.07, 6.45) is 0. The molecule has 0 atom stereocenters. The summed E-state index contributed by atoms with van der Waals surface area (Å²) >= 11 is 4.81. The second kappa shape index (κ2) is 9.37. The molecule has 7 heteroatoms. The van der Waals surface area contributed by atoms with Crippen LogP contribution < -0.4 is 10.6 Å². The SMILES string of the molecule is CN=C(NCc1ccsc1)NCc1ccc(Br)c(F)c1.I. The summed E-state index contributed by atoms with van der Waals surface area (Å²) in [6.45, 7) is 1.24. The van der Waals surface area contributed by atoms with Gasteiger partial charge in [0.1, 0.15) is 5.82 Å². The predicted molar refractivity (Wildman–Crippen MR) is 101 cm³/mol. The summed E-state index contributed by atoms with van der Waals surface area (Å²) in [7, 11) is 1.71. The Morgan fingerprint density at radius 3 is 2.52 bits per heavy atom. The van der Waals surface area contributed by atoms with Crippen LogP contribution in [0.3, 0.4) is 0 Å². The van der Waals surface area contributed by atoms with Crippen LogP contribution in [0.15, 0.2) is 44.5 Å². The molecule has 0 radical (unpaired) electrons. The minimum absolute atomic E-state index is 0. The molecule has 0 aliphatic heterocycles. The molecule has 0 saturated carbocycles. The van der Waals surface area contributed by atoms with E-state index < -0.39 is 0 Å². The number of rotatable bonds is 4. The first-order valence-corrected chi connectivity index (χ1v) is 7.82. The van der Waals surface area contributed by atoms with Gasteiger partial charge in [-0.15, -0.1) is 24.0 Å². The molecule has 2 aromatic rings. The van der Waals surface area contributed by atoms with Gasteiger partial charge in [0.2, 0.25) is 0 Å². The van der Waals surface area contributed by atoms with E-state index in [4.69, 9.17) is 0 Å². The van der Waals surface area contributed by atoms with Crippen LogP contribution in [-0.2, 0) is 13.1 Å². The Morgan fingerprint density at radius 2 is 1.95 bits per heavy atom. The molecule has 21 heavy (non-hydrogen) atoms. The molecule has 0 spiro atoms. The average Bonchev–Trinajstić information content (AvgIpc) is 2.96. The number of aliphatic imine (C=N–C) groups is 1. The van der Waals surface area contributed by atoms with Gasteiger partial charge in [-0.05, 0) is 56.0 Å². The van der Waals surface area contributed by atoms with Crippen LogP contribution in [0.25, 0.3) is 0 Å². The Morgan fingerprint density at radius 1 is 1.24 bits per heavy atom. The van der Waals surface area contributed by atoms with Crippen molar-refractivity contribution >= 4 is 57.2 Å². The van der Waals surface area contributed by atoms with E-state index in [-0.39, 0.29) is 29.8 Å².